The Morgan fingerprint density at radius 1 is 1.37 bits per heavy atom. The molecule has 0 aromatic carbocycles. The molecule has 0 atom stereocenters. The summed E-state index contributed by atoms with van der Waals surface area (Å²) in [5, 5.41) is 6.79. The molecule has 0 aliphatic heterocycles. The van der Waals surface area contributed by atoms with E-state index in [1.807, 2.05) is 0 Å². The lowest BCUT2D eigenvalue weighted by atomic mass is 10.3. The van der Waals surface area contributed by atoms with Gasteiger partial charge in [-0.1, -0.05) is 11.6 Å². The van der Waals surface area contributed by atoms with E-state index in [2.05, 4.69) is 15.4 Å². The van der Waals surface area contributed by atoms with Gasteiger partial charge >= 0.3 is 6.18 Å². The molecule has 2 rings (SSSR count). The molecule has 4 nitrogen and oxygen atoms in total. The van der Waals surface area contributed by atoms with Gasteiger partial charge in [-0.05, 0) is 18.7 Å². The first-order valence-electron chi connectivity index (χ1n) is 5.33. The fourth-order valence-corrected chi connectivity index (χ4v) is 1.80. The molecule has 0 radical (unpaired) electrons. The summed E-state index contributed by atoms with van der Waals surface area (Å²) in [6, 6.07) is 1.63. The Labute approximate surface area is 112 Å². The highest BCUT2D eigenvalue weighted by Crippen LogP contribution is 2.29. The van der Waals surface area contributed by atoms with Crippen molar-refractivity contribution in [1.82, 2.24) is 20.1 Å². The minimum Gasteiger partial charge on any atom is -0.316 e. The molecule has 0 amide bonds. The minimum absolute atomic E-state index is 0.164. The van der Waals surface area contributed by atoms with Crippen LogP contribution in [0.15, 0.2) is 24.7 Å². The number of nitrogens with zero attached hydrogens (tertiary/aromatic N) is 3. The molecule has 0 unspecified atom stereocenters. The van der Waals surface area contributed by atoms with E-state index in [-0.39, 0.29) is 10.8 Å². The van der Waals surface area contributed by atoms with Gasteiger partial charge in [0, 0.05) is 18.9 Å². The molecule has 0 saturated carbocycles. The van der Waals surface area contributed by atoms with Gasteiger partial charge in [-0.25, -0.2) is 9.67 Å². The average molecular weight is 291 g/mol. The Morgan fingerprint density at radius 3 is 2.63 bits per heavy atom. The van der Waals surface area contributed by atoms with Crippen molar-refractivity contribution in [3.05, 3.63) is 40.8 Å². The first-order valence-corrected chi connectivity index (χ1v) is 5.71. The van der Waals surface area contributed by atoms with Gasteiger partial charge < -0.3 is 5.32 Å². The van der Waals surface area contributed by atoms with Gasteiger partial charge in [0.15, 0.2) is 5.82 Å². The molecule has 2 aromatic heterocycles. The largest absolute Gasteiger partial charge is 0.419 e. The molecule has 8 heteroatoms. The Balaban J connectivity index is 2.34. The number of rotatable bonds is 3. The quantitative estimate of drug-likeness (QED) is 0.945. The fourth-order valence-electron chi connectivity index (χ4n) is 1.52. The molecule has 0 aliphatic rings. The lowest BCUT2D eigenvalue weighted by molar-refractivity contribution is -0.137. The molecular formula is C11H10ClF3N4. The normalized spacial score (nSPS) is 11.8. The van der Waals surface area contributed by atoms with Crippen LogP contribution >= 0.6 is 11.6 Å². The van der Waals surface area contributed by atoms with Crippen molar-refractivity contribution in [2.24, 2.45) is 0 Å². The van der Waals surface area contributed by atoms with Crippen molar-refractivity contribution < 1.29 is 13.2 Å². The number of pyridine rings is 1. The average Bonchev–Trinajstić information content (AvgIpc) is 2.78. The maximum absolute atomic E-state index is 12.5. The molecule has 0 saturated heterocycles. The van der Waals surface area contributed by atoms with E-state index in [0.29, 0.717) is 6.54 Å². The molecule has 2 heterocycles. The topological polar surface area (TPSA) is 42.7 Å². The highest BCUT2D eigenvalue weighted by atomic mass is 35.5. The zero-order valence-corrected chi connectivity index (χ0v) is 10.6. The Kier molecular flexibility index (Phi) is 3.77. The van der Waals surface area contributed by atoms with Crippen LogP contribution in [0.5, 0.6) is 0 Å². The van der Waals surface area contributed by atoms with E-state index < -0.39 is 11.7 Å². The number of alkyl halides is 3. The first kappa shape index (κ1) is 13.8. The molecule has 0 aliphatic carbocycles. The monoisotopic (exact) mass is 290 g/mol. The molecule has 0 fully saturated rings. The van der Waals surface area contributed by atoms with Crippen molar-refractivity contribution in [2.75, 3.05) is 7.05 Å². The molecule has 19 heavy (non-hydrogen) atoms. The third-order valence-electron chi connectivity index (χ3n) is 2.39. The summed E-state index contributed by atoms with van der Waals surface area (Å²) in [7, 11) is 1.77. The second-order valence-electron chi connectivity index (χ2n) is 3.85. The van der Waals surface area contributed by atoms with Crippen molar-refractivity contribution in [2.45, 2.75) is 12.7 Å². The van der Waals surface area contributed by atoms with Crippen LogP contribution < -0.4 is 5.32 Å². The SMILES string of the molecule is CNCc1cnc(-n2cc(C(F)(F)F)cn2)c(Cl)c1. The summed E-state index contributed by atoms with van der Waals surface area (Å²) in [6.45, 7) is 0.569. The van der Waals surface area contributed by atoms with Crippen molar-refractivity contribution in [3.8, 4) is 5.82 Å². The zero-order valence-electron chi connectivity index (χ0n) is 9.87. The van der Waals surface area contributed by atoms with Crippen LogP contribution in [-0.2, 0) is 12.7 Å². The maximum atomic E-state index is 12.5. The summed E-state index contributed by atoms with van der Waals surface area (Å²) >= 11 is 5.99. The number of hydrogen-bond acceptors (Lipinski definition) is 3. The van der Waals surface area contributed by atoms with Crippen LogP contribution in [0.3, 0.4) is 0 Å². The van der Waals surface area contributed by atoms with E-state index in [0.717, 1.165) is 22.6 Å². The van der Waals surface area contributed by atoms with E-state index in [1.165, 1.54) is 6.20 Å². The molecule has 0 bridgehead atoms. The number of halogens is 4. The first-order chi connectivity index (χ1) is 8.91. The van der Waals surface area contributed by atoms with Gasteiger partial charge in [0.2, 0.25) is 0 Å². The van der Waals surface area contributed by atoms with Crippen molar-refractivity contribution in [1.29, 1.82) is 0 Å². The van der Waals surface area contributed by atoms with Crippen molar-refractivity contribution >= 4 is 11.6 Å². The highest BCUT2D eigenvalue weighted by Gasteiger charge is 2.32. The lowest BCUT2D eigenvalue weighted by Gasteiger charge is -2.06. The molecule has 0 spiro atoms. The minimum atomic E-state index is -4.43. The van der Waals surface area contributed by atoms with Crippen LogP contribution in [0.25, 0.3) is 5.82 Å². The summed E-state index contributed by atoms with van der Waals surface area (Å²) in [4.78, 5) is 4.02. The van der Waals surface area contributed by atoms with E-state index in [1.54, 1.807) is 13.1 Å². The molecule has 102 valence electrons. The smallest absolute Gasteiger partial charge is 0.316 e. The number of aromatic nitrogens is 3. The third kappa shape index (κ3) is 3.05. The molecule has 2 aromatic rings. The van der Waals surface area contributed by atoms with Gasteiger partial charge in [0.1, 0.15) is 0 Å². The summed E-state index contributed by atoms with van der Waals surface area (Å²) in [5.74, 6) is 0.164. The van der Waals surface area contributed by atoms with Gasteiger partial charge in [-0.3, -0.25) is 0 Å². The number of nitrogens with one attached hydrogen (secondary N) is 1. The standard InChI is InChI=1S/C11H10ClF3N4/c1-16-3-7-2-9(12)10(17-4-7)19-6-8(5-18-19)11(13,14)15/h2,4-6,16H,3H2,1H3. The lowest BCUT2D eigenvalue weighted by Crippen LogP contribution is -2.07. The summed E-state index contributed by atoms with van der Waals surface area (Å²) < 4.78 is 38.4. The van der Waals surface area contributed by atoms with Crippen LogP contribution in [0.1, 0.15) is 11.1 Å². The summed E-state index contributed by atoms with van der Waals surface area (Å²) in [6.07, 6.45) is -1.31. The predicted octanol–water partition coefficient (Wildman–Crippen LogP) is 2.66. The zero-order chi connectivity index (χ0) is 14.0. The maximum Gasteiger partial charge on any atom is 0.419 e. The summed E-state index contributed by atoms with van der Waals surface area (Å²) in [5.41, 5.74) is -0.0101. The van der Waals surface area contributed by atoms with Crippen LogP contribution in [0.2, 0.25) is 5.02 Å². The Morgan fingerprint density at radius 2 is 2.11 bits per heavy atom. The van der Waals surface area contributed by atoms with Gasteiger partial charge in [0.25, 0.3) is 0 Å². The van der Waals surface area contributed by atoms with E-state index >= 15 is 0 Å². The fraction of sp³-hybridized carbons (Fsp3) is 0.273. The van der Waals surface area contributed by atoms with Gasteiger partial charge in [-0.2, -0.15) is 18.3 Å². The van der Waals surface area contributed by atoms with Crippen LogP contribution in [-0.4, -0.2) is 21.8 Å². The third-order valence-corrected chi connectivity index (χ3v) is 2.66. The van der Waals surface area contributed by atoms with Crippen LogP contribution in [0.4, 0.5) is 13.2 Å². The van der Waals surface area contributed by atoms with Crippen LogP contribution in [0, 0.1) is 0 Å². The van der Waals surface area contributed by atoms with E-state index in [4.69, 9.17) is 11.6 Å². The highest BCUT2D eigenvalue weighted by molar-refractivity contribution is 6.32. The second-order valence-corrected chi connectivity index (χ2v) is 4.26. The molecule has 1 N–H and O–H groups in total. The Bertz CT molecular complexity index is 580. The van der Waals surface area contributed by atoms with E-state index in [9.17, 15) is 13.2 Å². The predicted molar refractivity (Wildman–Crippen MR) is 64.1 cm³/mol. The van der Waals surface area contributed by atoms with Crippen molar-refractivity contribution in [3.63, 3.8) is 0 Å². The molecular weight excluding hydrogens is 281 g/mol. The van der Waals surface area contributed by atoms with Gasteiger partial charge in [-0.15, -0.1) is 0 Å². The second kappa shape index (κ2) is 5.18. The Hall–Kier alpha value is -1.60. The van der Waals surface area contributed by atoms with Gasteiger partial charge in [0.05, 0.1) is 16.8 Å². The number of hydrogen-bond donors (Lipinski definition) is 1.